The van der Waals surface area contributed by atoms with Crippen molar-refractivity contribution in [1.82, 2.24) is 0 Å². The molecule has 0 saturated heterocycles. The molecule has 2 N–H and O–H groups in total. The van der Waals surface area contributed by atoms with Crippen LogP contribution in [0, 0.1) is 13.8 Å². The summed E-state index contributed by atoms with van der Waals surface area (Å²) >= 11 is 5.67. The molecule has 0 heterocycles. The second-order valence-electron chi connectivity index (χ2n) is 3.18. The predicted octanol–water partition coefficient (Wildman–Crippen LogP) is 2.11. The topological polar surface area (TPSA) is 57.5 Å². The summed E-state index contributed by atoms with van der Waals surface area (Å²) in [6.07, 6.45) is 0. The highest BCUT2D eigenvalue weighted by Gasteiger charge is 1.92. The fourth-order valence-electron chi connectivity index (χ4n) is 1.15. The summed E-state index contributed by atoms with van der Waals surface area (Å²) in [6, 6.07) is 6.37. The van der Waals surface area contributed by atoms with Crippen molar-refractivity contribution in [2.75, 3.05) is 6.61 Å². The van der Waals surface area contributed by atoms with Gasteiger partial charge in [-0.05, 0) is 19.4 Å². The molecule has 0 radical (unpaired) electrons. The summed E-state index contributed by atoms with van der Waals surface area (Å²) in [5, 5.41) is 15.0. The number of aliphatic hydroxyl groups is 1. The van der Waals surface area contributed by atoms with Crippen LogP contribution in [0.25, 0.3) is 0 Å². The van der Waals surface area contributed by atoms with Gasteiger partial charge in [-0.1, -0.05) is 29.3 Å². The Morgan fingerprint density at radius 1 is 1.27 bits per heavy atom. The summed E-state index contributed by atoms with van der Waals surface area (Å²) in [4.78, 5) is 9.12. The van der Waals surface area contributed by atoms with E-state index >= 15 is 0 Å². The number of benzene rings is 1. The molecule has 0 fully saturated rings. The van der Waals surface area contributed by atoms with E-state index in [9.17, 15) is 0 Å². The lowest BCUT2D eigenvalue weighted by molar-refractivity contribution is -0.140. The number of carbonyl (C=O) groups is 1. The highest BCUT2D eigenvalue weighted by Crippen LogP contribution is 2.10. The van der Waals surface area contributed by atoms with Crippen LogP contribution >= 0.6 is 11.6 Å². The molecular formula is C11H15ClO3. The molecule has 1 rings (SSSR count). The van der Waals surface area contributed by atoms with Gasteiger partial charge in [-0.2, -0.15) is 0 Å². The molecule has 0 aliphatic heterocycles. The van der Waals surface area contributed by atoms with Crippen LogP contribution in [-0.4, -0.2) is 22.8 Å². The van der Waals surface area contributed by atoms with E-state index in [0.29, 0.717) is 5.88 Å². The predicted molar refractivity (Wildman–Crippen MR) is 60.2 cm³/mol. The van der Waals surface area contributed by atoms with Crippen LogP contribution in [0.2, 0.25) is 0 Å². The number of aliphatic carboxylic acids is 1. The number of aliphatic hydroxyl groups excluding tert-OH is 1. The van der Waals surface area contributed by atoms with Crippen molar-refractivity contribution in [1.29, 1.82) is 0 Å². The molecular weight excluding hydrogens is 216 g/mol. The van der Waals surface area contributed by atoms with Gasteiger partial charge in [0.25, 0.3) is 0 Å². The Morgan fingerprint density at radius 2 is 1.67 bits per heavy atom. The fourth-order valence-corrected chi connectivity index (χ4v) is 1.30. The molecule has 1 aromatic carbocycles. The van der Waals surface area contributed by atoms with Gasteiger partial charge in [-0.15, -0.1) is 11.6 Å². The van der Waals surface area contributed by atoms with Crippen LogP contribution in [-0.2, 0) is 10.7 Å². The largest absolute Gasteiger partial charge is 0.480 e. The first-order chi connectivity index (χ1) is 6.99. The molecule has 1 aromatic rings. The molecule has 4 heteroatoms. The molecule has 0 aliphatic rings. The molecule has 84 valence electrons. The van der Waals surface area contributed by atoms with Crippen LogP contribution in [0.15, 0.2) is 18.2 Å². The van der Waals surface area contributed by atoms with Gasteiger partial charge >= 0.3 is 5.97 Å². The van der Waals surface area contributed by atoms with Crippen LogP contribution in [0.4, 0.5) is 0 Å². The van der Waals surface area contributed by atoms with Gasteiger partial charge in [0.2, 0.25) is 0 Å². The average Bonchev–Trinajstić information content (AvgIpc) is 2.17. The summed E-state index contributed by atoms with van der Waals surface area (Å²) in [5.41, 5.74) is 3.78. The Morgan fingerprint density at radius 3 is 1.93 bits per heavy atom. The second kappa shape index (κ2) is 7.26. The number of carboxylic acid groups (broad SMARTS) is 1. The summed E-state index contributed by atoms with van der Waals surface area (Å²) < 4.78 is 0. The van der Waals surface area contributed by atoms with Gasteiger partial charge in [-0.3, -0.25) is 0 Å². The third-order valence-corrected chi connectivity index (χ3v) is 1.88. The maximum atomic E-state index is 9.12. The first-order valence-corrected chi connectivity index (χ1v) is 4.98. The van der Waals surface area contributed by atoms with Crippen LogP contribution in [0.3, 0.4) is 0 Å². The Labute approximate surface area is 94.3 Å². The van der Waals surface area contributed by atoms with Crippen LogP contribution in [0.5, 0.6) is 0 Å². The van der Waals surface area contributed by atoms with Crippen molar-refractivity contribution in [3.05, 3.63) is 34.9 Å². The monoisotopic (exact) mass is 230 g/mol. The molecule has 0 aliphatic carbocycles. The van der Waals surface area contributed by atoms with E-state index in [-0.39, 0.29) is 0 Å². The number of rotatable bonds is 2. The van der Waals surface area contributed by atoms with Crippen LogP contribution < -0.4 is 0 Å². The van der Waals surface area contributed by atoms with Gasteiger partial charge in [0.15, 0.2) is 0 Å². The van der Waals surface area contributed by atoms with Gasteiger partial charge in [0, 0.05) is 5.88 Å². The Bertz CT molecular complexity index is 303. The van der Waals surface area contributed by atoms with Gasteiger partial charge in [0.1, 0.15) is 6.61 Å². The van der Waals surface area contributed by atoms with E-state index in [1.54, 1.807) is 0 Å². The smallest absolute Gasteiger partial charge is 0.329 e. The number of alkyl halides is 1. The van der Waals surface area contributed by atoms with E-state index < -0.39 is 12.6 Å². The lowest BCUT2D eigenvalue weighted by Gasteiger charge is -1.99. The highest BCUT2D eigenvalue weighted by molar-refractivity contribution is 6.17. The van der Waals surface area contributed by atoms with E-state index in [4.69, 9.17) is 26.6 Å². The molecule has 0 bridgehead atoms. The van der Waals surface area contributed by atoms with Crippen molar-refractivity contribution >= 4 is 17.6 Å². The van der Waals surface area contributed by atoms with Crippen molar-refractivity contribution in [2.24, 2.45) is 0 Å². The van der Waals surface area contributed by atoms with E-state index in [1.165, 1.54) is 16.7 Å². The van der Waals surface area contributed by atoms with Gasteiger partial charge in [0.05, 0.1) is 0 Å². The lowest BCUT2D eigenvalue weighted by Crippen LogP contribution is -1.98. The minimum Gasteiger partial charge on any atom is -0.480 e. The first-order valence-electron chi connectivity index (χ1n) is 4.45. The molecule has 3 nitrogen and oxygen atoms in total. The van der Waals surface area contributed by atoms with Crippen molar-refractivity contribution in [2.45, 2.75) is 19.7 Å². The normalized spacial score (nSPS) is 9.07. The maximum absolute atomic E-state index is 9.12. The molecule has 0 atom stereocenters. The summed E-state index contributed by atoms with van der Waals surface area (Å²) in [6.45, 7) is 3.39. The minimum atomic E-state index is -1.19. The van der Waals surface area contributed by atoms with E-state index in [1.807, 2.05) is 0 Å². The summed E-state index contributed by atoms with van der Waals surface area (Å²) in [5.74, 6) is -0.576. The zero-order valence-corrected chi connectivity index (χ0v) is 9.58. The molecule has 0 saturated carbocycles. The number of hydrogen-bond acceptors (Lipinski definition) is 2. The Balaban J connectivity index is 0.000000336. The third kappa shape index (κ3) is 6.94. The number of hydrogen-bond donors (Lipinski definition) is 2. The molecule has 0 amide bonds. The standard InChI is InChI=1S/C9H11Cl.C2H4O3/c1-7-3-8(2)5-9(4-7)6-10;3-1-2(4)5/h3-5H,6H2,1-2H3;3H,1H2,(H,4,5). The highest BCUT2D eigenvalue weighted by atomic mass is 35.5. The van der Waals surface area contributed by atoms with Crippen LogP contribution in [0.1, 0.15) is 16.7 Å². The van der Waals surface area contributed by atoms with E-state index in [0.717, 1.165) is 0 Å². The van der Waals surface area contributed by atoms with Gasteiger partial charge < -0.3 is 10.2 Å². The molecule has 0 unspecified atom stereocenters. The lowest BCUT2D eigenvalue weighted by atomic mass is 10.1. The number of aryl methyl sites for hydroxylation is 2. The second-order valence-corrected chi connectivity index (χ2v) is 3.45. The van der Waals surface area contributed by atoms with Gasteiger partial charge in [-0.25, -0.2) is 4.79 Å². The van der Waals surface area contributed by atoms with Crippen molar-refractivity contribution in [3.8, 4) is 0 Å². The number of halogens is 1. The molecule has 15 heavy (non-hydrogen) atoms. The fraction of sp³-hybridized carbons (Fsp3) is 0.364. The van der Waals surface area contributed by atoms with Crippen molar-refractivity contribution < 1.29 is 15.0 Å². The van der Waals surface area contributed by atoms with Crippen molar-refractivity contribution in [3.63, 3.8) is 0 Å². The molecule has 0 aromatic heterocycles. The Hall–Kier alpha value is -1.06. The number of carboxylic acids is 1. The zero-order valence-electron chi connectivity index (χ0n) is 8.83. The minimum absolute atomic E-state index is 0.614. The average molecular weight is 231 g/mol. The first kappa shape index (κ1) is 13.9. The Kier molecular flexibility index (Phi) is 6.75. The molecule has 0 spiro atoms. The van der Waals surface area contributed by atoms with E-state index in [2.05, 4.69) is 32.0 Å². The SMILES string of the molecule is Cc1cc(C)cc(CCl)c1.O=C(O)CO. The zero-order chi connectivity index (χ0) is 11.8. The summed E-state index contributed by atoms with van der Waals surface area (Å²) in [7, 11) is 0. The quantitative estimate of drug-likeness (QED) is 0.765. The third-order valence-electron chi connectivity index (χ3n) is 1.57. The maximum Gasteiger partial charge on any atom is 0.329 e.